The van der Waals surface area contributed by atoms with Crippen molar-refractivity contribution < 1.29 is 10.2 Å². The van der Waals surface area contributed by atoms with Crippen molar-refractivity contribution in [3.8, 4) is 11.5 Å². The van der Waals surface area contributed by atoms with Crippen molar-refractivity contribution in [2.75, 3.05) is 0 Å². The Balaban J connectivity index is 2.23. The fraction of sp³-hybridized carbons (Fsp3) is 0.167. The summed E-state index contributed by atoms with van der Waals surface area (Å²) < 4.78 is 0. The van der Waals surface area contributed by atoms with Crippen LogP contribution in [0.2, 0.25) is 0 Å². The summed E-state index contributed by atoms with van der Waals surface area (Å²) in [4.78, 5) is 0. The smallest absolute Gasteiger partial charge is 0.121 e. The molecule has 0 bridgehead atoms. The number of aromatic hydroxyl groups is 2. The molecule has 2 nitrogen and oxygen atoms in total. The molecule has 132 valence electrons. The molecule has 0 saturated heterocycles. The summed E-state index contributed by atoms with van der Waals surface area (Å²) in [6.45, 7) is 7.67. The summed E-state index contributed by atoms with van der Waals surface area (Å²) >= 11 is 0. The molecule has 0 saturated carbocycles. The first kappa shape index (κ1) is 17.8. The van der Waals surface area contributed by atoms with Gasteiger partial charge in [0, 0.05) is 0 Å². The Labute approximate surface area is 155 Å². The predicted molar refractivity (Wildman–Crippen MR) is 109 cm³/mol. The van der Waals surface area contributed by atoms with E-state index in [1.165, 1.54) is 0 Å². The molecule has 0 unspecified atom stereocenters. The fourth-order valence-corrected chi connectivity index (χ4v) is 3.30. The lowest BCUT2D eigenvalue weighted by Crippen LogP contribution is -1.92. The average Bonchev–Trinajstić information content (AvgIpc) is 2.62. The van der Waals surface area contributed by atoms with Gasteiger partial charge in [-0.15, -0.1) is 0 Å². The van der Waals surface area contributed by atoms with Crippen molar-refractivity contribution >= 4 is 11.6 Å². The third kappa shape index (κ3) is 3.50. The maximum Gasteiger partial charge on any atom is 0.121 e. The highest BCUT2D eigenvalue weighted by atomic mass is 16.3. The Hall–Kier alpha value is -3.00. The molecule has 3 rings (SSSR count). The van der Waals surface area contributed by atoms with Crippen LogP contribution in [0, 0.1) is 27.7 Å². The van der Waals surface area contributed by atoms with E-state index >= 15 is 0 Å². The second kappa shape index (κ2) is 7.09. The van der Waals surface area contributed by atoms with E-state index in [4.69, 9.17) is 0 Å². The van der Waals surface area contributed by atoms with Crippen LogP contribution < -0.4 is 0 Å². The lowest BCUT2D eigenvalue weighted by atomic mass is 9.92. The Kier molecular flexibility index (Phi) is 4.85. The number of hydrogen-bond acceptors (Lipinski definition) is 2. The van der Waals surface area contributed by atoms with Gasteiger partial charge in [-0.25, -0.2) is 0 Å². The maximum absolute atomic E-state index is 10.1. The van der Waals surface area contributed by atoms with E-state index in [9.17, 15) is 10.2 Å². The van der Waals surface area contributed by atoms with Gasteiger partial charge < -0.3 is 10.2 Å². The topological polar surface area (TPSA) is 40.5 Å². The molecule has 2 heteroatoms. The van der Waals surface area contributed by atoms with Gasteiger partial charge in [-0.05, 0) is 103 Å². The van der Waals surface area contributed by atoms with Gasteiger partial charge in [0.2, 0.25) is 0 Å². The van der Waals surface area contributed by atoms with E-state index in [0.717, 1.165) is 44.5 Å². The van der Waals surface area contributed by atoms with Crippen molar-refractivity contribution in [2.24, 2.45) is 0 Å². The second-order valence-electron chi connectivity index (χ2n) is 6.89. The van der Waals surface area contributed by atoms with Crippen LogP contribution in [0.25, 0.3) is 11.6 Å². The summed E-state index contributed by atoms with van der Waals surface area (Å²) in [7, 11) is 0. The molecule has 0 aromatic heterocycles. The average molecular weight is 344 g/mol. The van der Waals surface area contributed by atoms with Crippen LogP contribution in [0.3, 0.4) is 0 Å². The minimum atomic E-state index is 0.345. The molecule has 26 heavy (non-hydrogen) atoms. The van der Waals surface area contributed by atoms with Gasteiger partial charge in [0.15, 0.2) is 0 Å². The number of hydrogen-bond donors (Lipinski definition) is 2. The van der Waals surface area contributed by atoms with Gasteiger partial charge in [0.05, 0.1) is 0 Å². The van der Waals surface area contributed by atoms with Crippen LogP contribution in [-0.4, -0.2) is 10.2 Å². The number of aryl methyl sites for hydroxylation is 4. The first-order chi connectivity index (χ1) is 12.4. The zero-order valence-corrected chi connectivity index (χ0v) is 15.7. The quantitative estimate of drug-likeness (QED) is 0.579. The lowest BCUT2D eigenvalue weighted by molar-refractivity contribution is 0.466. The molecule has 0 spiro atoms. The molecular formula is C24H24O2. The molecule has 0 fully saturated rings. The van der Waals surface area contributed by atoms with Crippen molar-refractivity contribution in [3.63, 3.8) is 0 Å². The van der Waals surface area contributed by atoms with Crippen LogP contribution in [-0.2, 0) is 0 Å². The zero-order chi connectivity index (χ0) is 18.8. The summed E-state index contributed by atoms with van der Waals surface area (Å²) in [6.07, 6.45) is 2.14. The third-order valence-electron chi connectivity index (χ3n) is 4.71. The number of rotatable bonds is 3. The number of phenols is 2. The van der Waals surface area contributed by atoms with Crippen molar-refractivity contribution in [1.82, 2.24) is 0 Å². The van der Waals surface area contributed by atoms with Crippen LogP contribution in [0.5, 0.6) is 11.5 Å². The molecule has 0 aliphatic rings. The van der Waals surface area contributed by atoms with Gasteiger partial charge in [-0.3, -0.25) is 0 Å². The molecule has 3 aromatic rings. The Morgan fingerprint density at radius 3 is 1.62 bits per heavy atom. The standard InChI is InChI=1S/C24H24O2/c1-15-10-19(11-16(2)23(15)25)14-22(20-8-6-5-7-9-20)21-12-17(3)24(26)18(4)13-21/h5-14,25-26H,1-4H3/b22-14+. The molecule has 0 heterocycles. The summed E-state index contributed by atoms with van der Waals surface area (Å²) in [6, 6.07) is 18.2. The van der Waals surface area contributed by atoms with Gasteiger partial charge in [0.25, 0.3) is 0 Å². The summed E-state index contributed by atoms with van der Waals surface area (Å²) in [5.41, 5.74) is 7.75. The lowest BCUT2D eigenvalue weighted by Gasteiger charge is -2.13. The molecular weight excluding hydrogens is 320 g/mol. The van der Waals surface area contributed by atoms with E-state index in [0.29, 0.717) is 11.5 Å². The molecule has 2 N–H and O–H groups in total. The molecule has 0 amide bonds. The van der Waals surface area contributed by atoms with E-state index in [1.807, 2.05) is 70.2 Å². The highest BCUT2D eigenvalue weighted by molar-refractivity contribution is 5.92. The molecule has 0 atom stereocenters. The van der Waals surface area contributed by atoms with Crippen molar-refractivity contribution in [1.29, 1.82) is 0 Å². The van der Waals surface area contributed by atoms with E-state index in [-0.39, 0.29) is 0 Å². The van der Waals surface area contributed by atoms with Crippen LogP contribution in [0.1, 0.15) is 38.9 Å². The molecule has 0 aliphatic carbocycles. The van der Waals surface area contributed by atoms with Gasteiger partial charge in [-0.2, -0.15) is 0 Å². The highest BCUT2D eigenvalue weighted by Gasteiger charge is 2.11. The van der Waals surface area contributed by atoms with Crippen LogP contribution in [0.4, 0.5) is 0 Å². The van der Waals surface area contributed by atoms with E-state index < -0.39 is 0 Å². The van der Waals surface area contributed by atoms with E-state index in [1.54, 1.807) is 0 Å². The molecule has 0 radical (unpaired) electrons. The van der Waals surface area contributed by atoms with Gasteiger partial charge in [-0.1, -0.05) is 30.3 Å². The Morgan fingerprint density at radius 2 is 1.12 bits per heavy atom. The number of phenolic OH excluding ortho intramolecular Hbond substituents is 2. The summed E-state index contributed by atoms with van der Waals surface area (Å²) in [5.74, 6) is 0.692. The largest absolute Gasteiger partial charge is 0.507 e. The minimum absolute atomic E-state index is 0.345. The highest BCUT2D eigenvalue weighted by Crippen LogP contribution is 2.33. The zero-order valence-electron chi connectivity index (χ0n) is 15.7. The van der Waals surface area contributed by atoms with Crippen molar-refractivity contribution in [3.05, 3.63) is 93.5 Å². The maximum atomic E-state index is 10.1. The number of benzene rings is 3. The Morgan fingerprint density at radius 1 is 0.654 bits per heavy atom. The van der Waals surface area contributed by atoms with Crippen LogP contribution in [0.15, 0.2) is 54.6 Å². The Bertz CT molecular complexity index is 936. The SMILES string of the molecule is Cc1cc(/C=C(\c2ccccc2)c2cc(C)c(O)c(C)c2)cc(C)c1O. The predicted octanol–water partition coefficient (Wildman–Crippen LogP) is 5.92. The first-order valence-electron chi connectivity index (χ1n) is 8.74. The monoisotopic (exact) mass is 344 g/mol. The van der Waals surface area contributed by atoms with Gasteiger partial charge in [0.1, 0.15) is 11.5 Å². The molecule has 3 aromatic carbocycles. The first-order valence-corrected chi connectivity index (χ1v) is 8.74. The van der Waals surface area contributed by atoms with Crippen molar-refractivity contribution in [2.45, 2.75) is 27.7 Å². The third-order valence-corrected chi connectivity index (χ3v) is 4.71. The van der Waals surface area contributed by atoms with E-state index in [2.05, 4.69) is 18.2 Å². The minimum Gasteiger partial charge on any atom is -0.507 e. The van der Waals surface area contributed by atoms with Gasteiger partial charge >= 0.3 is 0 Å². The normalized spacial score (nSPS) is 11.6. The fourth-order valence-electron chi connectivity index (χ4n) is 3.30. The van der Waals surface area contributed by atoms with Crippen LogP contribution >= 0.6 is 0 Å². The summed E-state index contributed by atoms with van der Waals surface area (Å²) in [5, 5.41) is 20.2. The second-order valence-corrected chi connectivity index (χ2v) is 6.89. The molecule has 0 aliphatic heterocycles.